The Kier molecular flexibility index (Phi) is 4.87. The van der Waals surface area contributed by atoms with Crippen LogP contribution in [0.25, 0.3) is 0 Å². The fourth-order valence-electron chi connectivity index (χ4n) is 1.08. The van der Waals surface area contributed by atoms with E-state index in [4.69, 9.17) is 16.3 Å². The van der Waals surface area contributed by atoms with E-state index in [1.807, 2.05) is 0 Å². The molecule has 0 saturated carbocycles. The highest BCUT2D eigenvalue weighted by Crippen LogP contribution is 2.14. The summed E-state index contributed by atoms with van der Waals surface area (Å²) in [6.45, 7) is 1.78. The molecule has 0 heterocycles. The maximum atomic E-state index is 13.1. The van der Waals surface area contributed by atoms with Gasteiger partial charge >= 0.3 is 0 Å². The second-order valence-electron chi connectivity index (χ2n) is 2.91. The zero-order valence-electron chi connectivity index (χ0n) is 8.02. The van der Waals surface area contributed by atoms with Crippen LogP contribution in [-0.2, 0) is 11.3 Å². The Bertz CT molecular complexity index is 293. The van der Waals surface area contributed by atoms with E-state index in [0.717, 1.165) is 0 Å². The number of hydrogen-bond donors (Lipinski definition) is 1. The lowest BCUT2D eigenvalue weighted by atomic mass is 10.2. The van der Waals surface area contributed by atoms with Crippen molar-refractivity contribution in [1.29, 1.82) is 0 Å². The van der Waals surface area contributed by atoms with Crippen LogP contribution in [0.15, 0.2) is 18.2 Å². The van der Waals surface area contributed by atoms with Gasteiger partial charge in [-0.15, -0.1) is 0 Å². The van der Waals surface area contributed by atoms with E-state index < -0.39 is 0 Å². The summed E-state index contributed by atoms with van der Waals surface area (Å²) in [4.78, 5) is 0. The molecule has 14 heavy (non-hydrogen) atoms. The lowest BCUT2D eigenvalue weighted by molar-refractivity contribution is 0.199. The molecule has 0 saturated heterocycles. The predicted octanol–water partition coefficient (Wildman–Crippen LogP) is 2.22. The van der Waals surface area contributed by atoms with Gasteiger partial charge in [0.25, 0.3) is 0 Å². The van der Waals surface area contributed by atoms with E-state index >= 15 is 0 Å². The molecule has 78 valence electrons. The van der Waals surface area contributed by atoms with Gasteiger partial charge in [0.1, 0.15) is 5.82 Å². The van der Waals surface area contributed by atoms with Gasteiger partial charge in [-0.05, 0) is 18.2 Å². The minimum Gasteiger partial charge on any atom is -0.383 e. The van der Waals surface area contributed by atoms with Crippen LogP contribution in [0.4, 0.5) is 4.39 Å². The summed E-state index contributed by atoms with van der Waals surface area (Å²) in [5.74, 6) is -0.237. The first-order valence-corrected chi connectivity index (χ1v) is 4.75. The molecule has 2 nitrogen and oxygen atoms in total. The summed E-state index contributed by atoms with van der Waals surface area (Å²) in [5, 5.41) is 3.60. The van der Waals surface area contributed by atoms with E-state index in [9.17, 15) is 4.39 Å². The lowest BCUT2D eigenvalue weighted by Gasteiger charge is -2.05. The smallest absolute Gasteiger partial charge is 0.127 e. The van der Waals surface area contributed by atoms with E-state index in [-0.39, 0.29) is 5.82 Å². The van der Waals surface area contributed by atoms with E-state index in [2.05, 4.69) is 5.32 Å². The average Bonchev–Trinajstić information content (AvgIpc) is 2.18. The molecule has 0 atom stereocenters. The van der Waals surface area contributed by atoms with Crippen molar-refractivity contribution < 1.29 is 9.13 Å². The number of hydrogen-bond acceptors (Lipinski definition) is 2. The minimum absolute atomic E-state index is 0.237. The third-order valence-electron chi connectivity index (χ3n) is 1.81. The summed E-state index contributed by atoms with van der Waals surface area (Å²) in [6, 6.07) is 4.53. The maximum absolute atomic E-state index is 13.1. The Morgan fingerprint density at radius 3 is 3.00 bits per heavy atom. The Morgan fingerprint density at radius 1 is 1.50 bits per heavy atom. The third-order valence-corrected chi connectivity index (χ3v) is 2.04. The van der Waals surface area contributed by atoms with Crippen molar-refractivity contribution in [3.63, 3.8) is 0 Å². The van der Waals surface area contributed by atoms with Crippen LogP contribution in [0.2, 0.25) is 5.02 Å². The van der Waals surface area contributed by atoms with Gasteiger partial charge in [-0.1, -0.05) is 11.6 Å². The Balaban J connectivity index is 2.45. The molecule has 1 aromatic rings. The van der Waals surface area contributed by atoms with Gasteiger partial charge in [0, 0.05) is 30.8 Å². The maximum Gasteiger partial charge on any atom is 0.127 e. The zero-order chi connectivity index (χ0) is 10.4. The molecule has 0 aromatic heterocycles. The standard InChI is InChI=1S/C10H13ClFNO/c1-14-5-4-13-7-8-6-9(11)2-3-10(8)12/h2-3,6,13H,4-5,7H2,1H3. The second kappa shape index (κ2) is 5.96. The van der Waals surface area contributed by atoms with Crippen LogP contribution in [-0.4, -0.2) is 20.3 Å². The molecule has 1 rings (SSSR count). The van der Waals surface area contributed by atoms with E-state index in [1.54, 1.807) is 13.2 Å². The molecule has 1 aromatic carbocycles. The first kappa shape index (κ1) is 11.4. The van der Waals surface area contributed by atoms with Crippen molar-refractivity contribution in [1.82, 2.24) is 5.32 Å². The quantitative estimate of drug-likeness (QED) is 0.764. The molecule has 0 amide bonds. The highest BCUT2D eigenvalue weighted by Gasteiger charge is 2.01. The summed E-state index contributed by atoms with van der Waals surface area (Å²) in [7, 11) is 1.63. The van der Waals surface area contributed by atoms with Crippen LogP contribution in [0.1, 0.15) is 5.56 Å². The van der Waals surface area contributed by atoms with E-state index in [0.29, 0.717) is 30.3 Å². The molecule has 0 unspecified atom stereocenters. The van der Waals surface area contributed by atoms with Gasteiger partial charge in [0.2, 0.25) is 0 Å². The van der Waals surface area contributed by atoms with E-state index in [1.165, 1.54) is 12.1 Å². The highest BCUT2D eigenvalue weighted by molar-refractivity contribution is 6.30. The fourth-order valence-corrected chi connectivity index (χ4v) is 1.27. The molecule has 0 radical (unpaired) electrons. The zero-order valence-corrected chi connectivity index (χ0v) is 8.77. The highest BCUT2D eigenvalue weighted by atomic mass is 35.5. The molecule has 0 aliphatic heterocycles. The molecule has 1 N–H and O–H groups in total. The fraction of sp³-hybridized carbons (Fsp3) is 0.400. The monoisotopic (exact) mass is 217 g/mol. The first-order chi connectivity index (χ1) is 6.74. The molecule has 0 aliphatic carbocycles. The van der Waals surface area contributed by atoms with Crippen molar-refractivity contribution in [3.05, 3.63) is 34.6 Å². The number of halogens is 2. The van der Waals surface area contributed by atoms with Crippen molar-refractivity contribution in [2.45, 2.75) is 6.54 Å². The molecular formula is C10H13ClFNO. The number of ether oxygens (including phenoxy) is 1. The van der Waals surface area contributed by atoms with Crippen molar-refractivity contribution in [3.8, 4) is 0 Å². The van der Waals surface area contributed by atoms with Crippen LogP contribution in [0, 0.1) is 5.82 Å². The Hall–Kier alpha value is -0.640. The van der Waals surface area contributed by atoms with Crippen LogP contribution < -0.4 is 5.32 Å². The van der Waals surface area contributed by atoms with Gasteiger partial charge in [0.15, 0.2) is 0 Å². The van der Waals surface area contributed by atoms with Gasteiger partial charge in [0.05, 0.1) is 6.61 Å². The normalized spacial score (nSPS) is 10.5. The average molecular weight is 218 g/mol. The lowest BCUT2D eigenvalue weighted by Crippen LogP contribution is -2.19. The molecule has 0 fully saturated rings. The summed E-state index contributed by atoms with van der Waals surface area (Å²) >= 11 is 5.74. The third kappa shape index (κ3) is 3.62. The number of benzene rings is 1. The molecule has 0 spiro atoms. The Morgan fingerprint density at radius 2 is 2.29 bits per heavy atom. The minimum atomic E-state index is -0.237. The molecule has 4 heteroatoms. The first-order valence-electron chi connectivity index (χ1n) is 4.37. The predicted molar refractivity (Wildman–Crippen MR) is 55.0 cm³/mol. The molecule has 0 bridgehead atoms. The van der Waals surface area contributed by atoms with Gasteiger partial charge in [-0.2, -0.15) is 0 Å². The van der Waals surface area contributed by atoms with Crippen molar-refractivity contribution in [2.24, 2.45) is 0 Å². The number of nitrogens with one attached hydrogen (secondary N) is 1. The van der Waals surface area contributed by atoms with Gasteiger partial charge in [-0.25, -0.2) is 4.39 Å². The van der Waals surface area contributed by atoms with Gasteiger partial charge in [-0.3, -0.25) is 0 Å². The number of rotatable bonds is 5. The summed E-state index contributed by atoms with van der Waals surface area (Å²) in [5.41, 5.74) is 0.577. The largest absolute Gasteiger partial charge is 0.383 e. The molecular weight excluding hydrogens is 205 g/mol. The number of methoxy groups -OCH3 is 1. The topological polar surface area (TPSA) is 21.3 Å². The second-order valence-corrected chi connectivity index (χ2v) is 3.34. The summed E-state index contributed by atoms with van der Waals surface area (Å²) in [6.07, 6.45) is 0. The SMILES string of the molecule is COCCNCc1cc(Cl)ccc1F. The van der Waals surface area contributed by atoms with Crippen molar-refractivity contribution in [2.75, 3.05) is 20.3 Å². The van der Waals surface area contributed by atoms with Crippen LogP contribution in [0.3, 0.4) is 0 Å². The Labute approximate surface area is 88.0 Å². The van der Waals surface area contributed by atoms with Crippen LogP contribution in [0.5, 0.6) is 0 Å². The van der Waals surface area contributed by atoms with Crippen LogP contribution >= 0.6 is 11.6 Å². The summed E-state index contributed by atoms with van der Waals surface area (Å²) < 4.78 is 18.0. The van der Waals surface area contributed by atoms with Gasteiger partial charge < -0.3 is 10.1 Å². The van der Waals surface area contributed by atoms with Crippen molar-refractivity contribution >= 4 is 11.6 Å². The molecule has 0 aliphatic rings.